The molecule has 3 unspecified atom stereocenters. The van der Waals surface area contributed by atoms with Gasteiger partial charge in [-0.05, 0) is 111 Å². The molecule has 1 saturated carbocycles. The zero-order chi connectivity index (χ0) is 40.7. The molecule has 4 aromatic rings. The van der Waals surface area contributed by atoms with Gasteiger partial charge in [-0.25, -0.2) is 14.4 Å². The van der Waals surface area contributed by atoms with Crippen LogP contribution in [0.1, 0.15) is 85.1 Å². The lowest BCUT2D eigenvalue weighted by molar-refractivity contribution is -0.139. The first-order valence-electron chi connectivity index (χ1n) is 19.1. The summed E-state index contributed by atoms with van der Waals surface area (Å²) in [5, 5.41) is 17.5. The molecule has 1 fully saturated rings. The Morgan fingerprint density at radius 2 is 1.65 bits per heavy atom. The van der Waals surface area contributed by atoms with Crippen molar-refractivity contribution in [2.75, 3.05) is 13.2 Å². The molecule has 0 amide bonds. The van der Waals surface area contributed by atoms with E-state index in [1.165, 1.54) is 24.4 Å². The largest absolute Gasteiger partial charge is 0.494 e. The van der Waals surface area contributed by atoms with E-state index in [0.717, 1.165) is 59.7 Å². The summed E-state index contributed by atoms with van der Waals surface area (Å²) in [6, 6.07) is 24.5. The van der Waals surface area contributed by atoms with Gasteiger partial charge in [0.2, 0.25) is 0 Å². The van der Waals surface area contributed by atoms with Crippen LogP contribution >= 0.6 is 0 Å². The summed E-state index contributed by atoms with van der Waals surface area (Å²) in [5.74, 6) is -0.277. The molecular weight excluding hydrogens is 723 g/mol. The molecule has 1 aliphatic carbocycles. The SMILES string of the molecule is C=C(C)C(=O)OCCCCCCOc1ccc2cc(C(=O)Oc3ccc(C(=O)OC4CCC(C)CC4/C=N/N/C(N)=c4\cccc\c4=C\N)cc3C#N)ccc2c1. The quantitative estimate of drug-likeness (QED) is 0.0305. The lowest BCUT2D eigenvalue weighted by Gasteiger charge is -2.32. The molecule has 1 aliphatic rings. The van der Waals surface area contributed by atoms with Crippen molar-refractivity contribution in [3.8, 4) is 17.6 Å². The van der Waals surface area contributed by atoms with E-state index in [2.05, 4.69) is 24.0 Å². The minimum Gasteiger partial charge on any atom is -0.494 e. The molecule has 3 atom stereocenters. The van der Waals surface area contributed by atoms with Crippen LogP contribution in [0.5, 0.6) is 11.5 Å². The van der Waals surface area contributed by atoms with Crippen LogP contribution in [-0.2, 0) is 14.3 Å². The Balaban J connectivity index is 1.15. The number of nitrogens with two attached hydrogens (primary N) is 2. The van der Waals surface area contributed by atoms with Gasteiger partial charge in [-0.3, -0.25) is 5.43 Å². The van der Waals surface area contributed by atoms with Crippen LogP contribution in [-0.4, -0.2) is 43.4 Å². The summed E-state index contributed by atoms with van der Waals surface area (Å²) in [4.78, 5) is 38.0. The van der Waals surface area contributed by atoms with E-state index in [0.29, 0.717) is 48.3 Å². The third-order valence-electron chi connectivity index (χ3n) is 9.71. The Morgan fingerprint density at radius 3 is 2.42 bits per heavy atom. The number of ether oxygens (including phenoxy) is 4. The highest BCUT2D eigenvalue weighted by Gasteiger charge is 2.31. The molecule has 296 valence electrons. The number of fused-ring (bicyclic) bond motifs is 1. The summed E-state index contributed by atoms with van der Waals surface area (Å²) in [5.41, 5.74) is 15.7. The van der Waals surface area contributed by atoms with Crippen LogP contribution in [0.4, 0.5) is 0 Å². The van der Waals surface area contributed by atoms with Crippen molar-refractivity contribution in [3.63, 3.8) is 0 Å². The Morgan fingerprint density at radius 1 is 0.930 bits per heavy atom. The molecule has 0 spiro atoms. The molecule has 0 saturated heterocycles. The standard InChI is InChI=1S/C45H49N5O7/c1-29(2)43(51)55-21-9-5-4-8-20-54-38-17-15-31-23-33(14-13-32(31)25-38)44(52)56-40-19-16-34(24-36(40)27-47)45(53)57-41-18-12-30(3)22-37(41)28-49-50-42(48)39-11-7-6-10-35(39)26-46/h6-7,10-11,13-17,19,23-26,28,30,37,41,50H,1,4-5,8-9,12,18,20-22,46,48H2,2-3H3/b35-26-,42-39+,49-28+. The maximum atomic E-state index is 13.3. The second kappa shape index (κ2) is 20.3. The minimum absolute atomic E-state index is 0.0205. The van der Waals surface area contributed by atoms with Gasteiger partial charge in [0.15, 0.2) is 0 Å². The molecule has 5 rings (SSSR count). The van der Waals surface area contributed by atoms with Crippen molar-refractivity contribution < 1.29 is 33.3 Å². The average Bonchev–Trinajstić information content (AvgIpc) is 3.22. The topological polar surface area (TPSA) is 188 Å². The predicted molar refractivity (Wildman–Crippen MR) is 219 cm³/mol. The van der Waals surface area contributed by atoms with E-state index in [-0.39, 0.29) is 28.8 Å². The van der Waals surface area contributed by atoms with Crippen LogP contribution < -0.4 is 36.8 Å². The number of hydrogen-bond acceptors (Lipinski definition) is 12. The lowest BCUT2D eigenvalue weighted by atomic mass is 9.81. The molecule has 0 radical (unpaired) electrons. The van der Waals surface area contributed by atoms with Gasteiger partial charge >= 0.3 is 17.9 Å². The fourth-order valence-electron chi connectivity index (χ4n) is 6.52. The van der Waals surface area contributed by atoms with Crippen LogP contribution in [0, 0.1) is 23.2 Å². The smallest absolute Gasteiger partial charge is 0.343 e. The summed E-state index contributed by atoms with van der Waals surface area (Å²) in [6.07, 6.45) is 8.56. The Hall–Kier alpha value is -6.61. The second-order valence-corrected chi connectivity index (χ2v) is 14.2. The van der Waals surface area contributed by atoms with Gasteiger partial charge < -0.3 is 30.4 Å². The molecule has 12 heteroatoms. The summed E-state index contributed by atoms with van der Waals surface area (Å²) < 4.78 is 22.6. The molecule has 0 aromatic heterocycles. The van der Waals surface area contributed by atoms with Crippen molar-refractivity contribution in [1.29, 1.82) is 5.26 Å². The van der Waals surface area contributed by atoms with Gasteiger partial charge in [0.05, 0.1) is 29.9 Å². The van der Waals surface area contributed by atoms with E-state index in [4.69, 9.17) is 30.4 Å². The molecule has 0 heterocycles. The Kier molecular flexibility index (Phi) is 14.8. The summed E-state index contributed by atoms with van der Waals surface area (Å²) in [6.45, 7) is 8.28. The Labute approximate surface area is 332 Å². The number of rotatable bonds is 16. The number of nitriles is 1. The molecule has 0 aliphatic heterocycles. The van der Waals surface area contributed by atoms with Crippen molar-refractivity contribution in [1.82, 2.24) is 5.43 Å². The van der Waals surface area contributed by atoms with Gasteiger partial charge in [-0.2, -0.15) is 10.4 Å². The van der Waals surface area contributed by atoms with Gasteiger partial charge in [0.1, 0.15) is 29.5 Å². The van der Waals surface area contributed by atoms with Crippen molar-refractivity contribution >= 4 is 46.9 Å². The minimum atomic E-state index is -0.645. The molecule has 4 aromatic carbocycles. The highest BCUT2D eigenvalue weighted by Crippen LogP contribution is 2.31. The fraction of sp³-hybridized carbons (Fsp3) is 0.311. The normalized spacial score (nSPS) is 17.4. The lowest BCUT2D eigenvalue weighted by Crippen LogP contribution is -2.36. The number of carbonyl (C=O) groups is 3. The van der Waals surface area contributed by atoms with E-state index in [1.54, 1.807) is 25.3 Å². The molecule has 5 N–H and O–H groups in total. The molecule has 12 nitrogen and oxygen atoms in total. The molecular formula is C45H49N5O7. The van der Waals surface area contributed by atoms with E-state index in [9.17, 15) is 19.6 Å². The third-order valence-corrected chi connectivity index (χ3v) is 9.71. The fourth-order valence-corrected chi connectivity index (χ4v) is 6.52. The second-order valence-electron chi connectivity index (χ2n) is 14.2. The van der Waals surface area contributed by atoms with Crippen molar-refractivity contribution in [2.45, 2.75) is 64.9 Å². The highest BCUT2D eigenvalue weighted by atomic mass is 16.5. The van der Waals surface area contributed by atoms with Gasteiger partial charge in [-0.1, -0.05) is 49.9 Å². The zero-order valence-corrected chi connectivity index (χ0v) is 32.4. The molecule has 57 heavy (non-hydrogen) atoms. The first kappa shape index (κ1) is 41.6. The number of hydrazone groups is 1. The van der Waals surface area contributed by atoms with Gasteiger partial charge in [0.25, 0.3) is 0 Å². The number of nitrogens with zero attached hydrogens (tertiary/aromatic N) is 2. The maximum absolute atomic E-state index is 13.3. The van der Waals surface area contributed by atoms with E-state index in [1.807, 2.05) is 54.6 Å². The first-order chi connectivity index (χ1) is 27.6. The summed E-state index contributed by atoms with van der Waals surface area (Å²) in [7, 11) is 0. The number of benzene rings is 4. The van der Waals surface area contributed by atoms with Crippen LogP contribution in [0.2, 0.25) is 0 Å². The average molecular weight is 772 g/mol. The van der Waals surface area contributed by atoms with E-state index >= 15 is 0 Å². The maximum Gasteiger partial charge on any atom is 0.343 e. The van der Waals surface area contributed by atoms with Crippen LogP contribution in [0.25, 0.3) is 22.8 Å². The number of unbranched alkanes of at least 4 members (excludes halogenated alkanes) is 3. The third kappa shape index (κ3) is 11.7. The van der Waals surface area contributed by atoms with Crippen molar-refractivity contribution in [2.24, 2.45) is 28.4 Å². The van der Waals surface area contributed by atoms with Crippen LogP contribution in [0.3, 0.4) is 0 Å². The monoisotopic (exact) mass is 771 g/mol. The highest BCUT2D eigenvalue weighted by molar-refractivity contribution is 5.97. The van der Waals surface area contributed by atoms with Crippen LogP contribution in [0.15, 0.2) is 96.1 Å². The number of esters is 3. The number of nitrogens with one attached hydrogen (secondary N) is 1. The first-order valence-corrected chi connectivity index (χ1v) is 19.1. The predicted octanol–water partition coefficient (Wildman–Crippen LogP) is 5.95. The Bertz CT molecular complexity index is 2300. The van der Waals surface area contributed by atoms with Gasteiger partial charge in [-0.15, -0.1) is 0 Å². The molecule has 0 bridgehead atoms. The number of hydrogen-bond donors (Lipinski definition) is 3. The van der Waals surface area contributed by atoms with E-state index < -0.39 is 18.0 Å². The zero-order valence-electron chi connectivity index (χ0n) is 32.4. The summed E-state index contributed by atoms with van der Waals surface area (Å²) >= 11 is 0. The van der Waals surface area contributed by atoms with Gasteiger partial charge in [0, 0.05) is 34.3 Å². The van der Waals surface area contributed by atoms with Crippen molar-refractivity contribution in [3.05, 3.63) is 118 Å². The number of carbonyl (C=O) groups excluding carboxylic acids is 3.